The second-order valence-corrected chi connectivity index (χ2v) is 4.42. The molecule has 2 aromatic rings. The van der Waals surface area contributed by atoms with E-state index in [0.29, 0.717) is 18.5 Å². The fourth-order valence-electron chi connectivity index (χ4n) is 2.14. The lowest BCUT2D eigenvalue weighted by molar-refractivity contribution is -0.136. The summed E-state index contributed by atoms with van der Waals surface area (Å²) in [5.74, 6) is -0.346. The van der Waals surface area contributed by atoms with Gasteiger partial charge in [-0.2, -0.15) is 0 Å². The highest BCUT2D eigenvalue weighted by Crippen LogP contribution is 2.12. The third-order valence-corrected chi connectivity index (χ3v) is 3.25. The van der Waals surface area contributed by atoms with Gasteiger partial charge < -0.3 is 9.30 Å². The summed E-state index contributed by atoms with van der Waals surface area (Å²) in [6.07, 6.45) is 2.33. The largest absolute Gasteiger partial charge is 0.466 e. The summed E-state index contributed by atoms with van der Waals surface area (Å²) in [4.78, 5) is 23.5. The second kappa shape index (κ2) is 6.19. The van der Waals surface area contributed by atoms with Crippen LogP contribution in [0.1, 0.15) is 13.3 Å². The average molecular weight is 271 g/mol. The lowest BCUT2D eigenvalue weighted by Gasteiger charge is -2.08. The molecule has 0 fully saturated rings. The third kappa shape index (κ3) is 2.79. The van der Waals surface area contributed by atoms with Crippen LogP contribution in [0.25, 0.3) is 10.9 Å². The maximum Gasteiger partial charge on any atom is 0.333 e. The van der Waals surface area contributed by atoms with Crippen molar-refractivity contribution in [1.82, 2.24) is 4.57 Å². The van der Waals surface area contributed by atoms with Gasteiger partial charge in [0.2, 0.25) is 0 Å². The fraction of sp³-hybridized carbons (Fsp3) is 0.250. The van der Waals surface area contributed by atoms with Crippen LogP contribution >= 0.6 is 0 Å². The van der Waals surface area contributed by atoms with Gasteiger partial charge in [0.1, 0.15) is 0 Å². The molecule has 0 unspecified atom stereocenters. The number of benzene rings is 1. The number of hydrogen-bond donors (Lipinski definition) is 0. The van der Waals surface area contributed by atoms with E-state index in [1.807, 2.05) is 31.2 Å². The van der Waals surface area contributed by atoms with Crippen molar-refractivity contribution in [3.8, 4) is 0 Å². The van der Waals surface area contributed by atoms with Crippen molar-refractivity contribution in [2.45, 2.75) is 19.9 Å². The van der Waals surface area contributed by atoms with Gasteiger partial charge in [0.05, 0.1) is 12.6 Å². The maximum atomic E-state index is 12.0. The van der Waals surface area contributed by atoms with E-state index in [9.17, 15) is 9.59 Å². The number of aromatic nitrogens is 1. The molecule has 0 atom stereocenters. The molecule has 1 aromatic carbocycles. The minimum absolute atomic E-state index is 0.0831. The molecule has 1 aromatic heterocycles. The maximum absolute atomic E-state index is 12.0. The lowest BCUT2D eigenvalue weighted by atomic mass is 10.2. The van der Waals surface area contributed by atoms with Gasteiger partial charge in [-0.25, -0.2) is 4.79 Å². The Balaban J connectivity index is 2.43. The molecule has 0 aliphatic rings. The first-order valence-corrected chi connectivity index (χ1v) is 6.53. The van der Waals surface area contributed by atoms with E-state index in [1.54, 1.807) is 22.8 Å². The highest BCUT2D eigenvalue weighted by molar-refractivity contribution is 5.88. The normalized spacial score (nSPS) is 11.6. The van der Waals surface area contributed by atoms with E-state index in [0.717, 1.165) is 10.9 Å². The Hall–Kier alpha value is -2.36. The number of allylic oxidation sites excluding steroid dienone is 1. The number of nitrogens with zero attached hydrogens (tertiary/aromatic N) is 1. The quantitative estimate of drug-likeness (QED) is 0.634. The SMILES string of the molecule is CCC(=CCn1c(=O)ccc2ccccc21)C(=O)OC. The molecule has 1 heterocycles. The van der Waals surface area contributed by atoms with Gasteiger partial charge in [-0.1, -0.05) is 31.2 Å². The van der Waals surface area contributed by atoms with Crippen LogP contribution in [0.5, 0.6) is 0 Å². The summed E-state index contributed by atoms with van der Waals surface area (Å²) in [6, 6.07) is 11.0. The van der Waals surface area contributed by atoms with E-state index < -0.39 is 0 Å². The van der Waals surface area contributed by atoms with Crippen molar-refractivity contribution in [3.63, 3.8) is 0 Å². The number of hydrogen-bond acceptors (Lipinski definition) is 3. The number of pyridine rings is 1. The van der Waals surface area contributed by atoms with Crippen LogP contribution in [-0.2, 0) is 16.1 Å². The van der Waals surface area contributed by atoms with Gasteiger partial charge in [-0.05, 0) is 23.9 Å². The number of carbonyl (C=O) groups excluding carboxylic acids is 1. The predicted molar refractivity (Wildman–Crippen MR) is 78.6 cm³/mol. The monoisotopic (exact) mass is 271 g/mol. The standard InChI is InChI=1S/C16H17NO3/c1-3-12(16(19)20-2)10-11-17-14-7-5-4-6-13(14)8-9-15(17)18/h4-10H,3,11H2,1-2H3. The molecule has 104 valence electrons. The Morgan fingerprint density at radius 2 is 2.00 bits per heavy atom. The Morgan fingerprint density at radius 3 is 2.70 bits per heavy atom. The molecule has 0 radical (unpaired) electrons. The van der Waals surface area contributed by atoms with E-state index in [1.165, 1.54) is 7.11 Å². The van der Waals surface area contributed by atoms with E-state index in [4.69, 9.17) is 4.74 Å². The molecule has 0 saturated heterocycles. The number of para-hydroxylation sites is 1. The number of ether oxygens (including phenoxy) is 1. The Morgan fingerprint density at radius 1 is 1.25 bits per heavy atom. The predicted octanol–water partition coefficient (Wildman–Crippen LogP) is 2.51. The molecule has 20 heavy (non-hydrogen) atoms. The molecular weight excluding hydrogens is 254 g/mol. The topological polar surface area (TPSA) is 48.3 Å². The van der Waals surface area contributed by atoms with Crippen LogP contribution in [0.15, 0.2) is 52.8 Å². The summed E-state index contributed by atoms with van der Waals surface area (Å²) < 4.78 is 6.36. The first-order chi connectivity index (χ1) is 9.67. The minimum Gasteiger partial charge on any atom is -0.466 e. The van der Waals surface area contributed by atoms with Gasteiger partial charge in [0, 0.05) is 18.2 Å². The minimum atomic E-state index is -0.346. The highest BCUT2D eigenvalue weighted by atomic mass is 16.5. The van der Waals surface area contributed by atoms with Crippen molar-refractivity contribution in [1.29, 1.82) is 0 Å². The van der Waals surface area contributed by atoms with Gasteiger partial charge in [0.15, 0.2) is 0 Å². The zero-order valence-electron chi connectivity index (χ0n) is 11.6. The zero-order chi connectivity index (χ0) is 14.5. The van der Waals surface area contributed by atoms with Crippen molar-refractivity contribution in [2.24, 2.45) is 0 Å². The number of carbonyl (C=O) groups is 1. The molecule has 2 rings (SSSR count). The molecule has 0 saturated carbocycles. The average Bonchev–Trinajstić information content (AvgIpc) is 2.49. The Kier molecular flexibility index (Phi) is 4.35. The first-order valence-electron chi connectivity index (χ1n) is 6.53. The molecule has 0 aliphatic carbocycles. The summed E-state index contributed by atoms with van der Waals surface area (Å²) >= 11 is 0. The molecule has 0 N–H and O–H groups in total. The van der Waals surface area contributed by atoms with Crippen molar-refractivity contribution >= 4 is 16.9 Å². The number of methoxy groups -OCH3 is 1. The fourth-order valence-corrected chi connectivity index (χ4v) is 2.14. The second-order valence-electron chi connectivity index (χ2n) is 4.42. The van der Waals surface area contributed by atoms with E-state index in [2.05, 4.69) is 0 Å². The first kappa shape index (κ1) is 14.1. The smallest absolute Gasteiger partial charge is 0.333 e. The molecule has 0 aliphatic heterocycles. The van der Waals surface area contributed by atoms with Gasteiger partial charge in [-0.15, -0.1) is 0 Å². The molecule has 4 heteroatoms. The summed E-state index contributed by atoms with van der Waals surface area (Å²) in [6.45, 7) is 2.24. The summed E-state index contributed by atoms with van der Waals surface area (Å²) in [5.41, 5.74) is 1.35. The zero-order valence-corrected chi connectivity index (χ0v) is 11.6. The Labute approximate surface area is 117 Å². The van der Waals surface area contributed by atoms with Crippen LogP contribution in [0.3, 0.4) is 0 Å². The summed E-state index contributed by atoms with van der Waals surface area (Å²) in [5, 5.41) is 0.997. The Bertz CT molecular complexity index is 713. The number of esters is 1. The van der Waals surface area contributed by atoms with Crippen molar-refractivity contribution in [2.75, 3.05) is 7.11 Å². The van der Waals surface area contributed by atoms with Gasteiger partial charge in [-0.3, -0.25) is 4.79 Å². The molecular formula is C16H17NO3. The lowest BCUT2D eigenvalue weighted by Crippen LogP contribution is -2.19. The third-order valence-electron chi connectivity index (χ3n) is 3.25. The van der Waals surface area contributed by atoms with E-state index >= 15 is 0 Å². The molecule has 0 amide bonds. The van der Waals surface area contributed by atoms with Gasteiger partial charge >= 0.3 is 5.97 Å². The van der Waals surface area contributed by atoms with Crippen LogP contribution in [-0.4, -0.2) is 17.6 Å². The molecule has 0 bridgehead atoms. The highest BCUT2D eigenvalue weighted by Gasteiger charge is 2.07. The summed E-state index contributed by atoms with van der Waals surface area (Å²) in [7, 11) is 1.36. The van der Waals surface area contributed by atoms with Crippen molar-refractivity contribution < 1.29 is 9.53 Å². The van der Waals surface area contributed by atoms with E-state index in [-0.39, 0.29) is 11.5 Å². The van der Waals surface area contributed by atoms with Crippen LogP contribution in [0, 0.1) is 0 Å². The number of rotatable bonds is 4. The molecule has 4 nitrogen and oxygen atoms in total. The number of fused-ring (bicyclic) bond motifs is 1. The van der Waals surface area contributed by atoms with Gasteiger partial charge in [0.25, 0.3) is 5.56 Å². The van der Waals surface area contributed by atoms with Crippen LogP contribution in [0.2, 0.25) is 0 Å². The van der Waals surface area contributed by atoms with Crippen LogP contribution in [0.4, 0.5) is 0 Å². The van der Waals surface area contributed by atoms with Crippen molar-refractivity contribution in [3.05, 3.63) is 58.4 Å². The van der Waals surface area contributed by atoms with Crippen LogP contribution < -0.4 is 5.56 Å². The molecule has 0 spiro atoms.